The first-order chi connectivity index (χ1) is 19.6. The summed E-state index contributed by atoms with van der Waals surface area (Å²) >= 11 is 2.01. The number of carbonyl (C=O) groups excluding carboxylic acids is 2. The first kappa shape index (κ1) is 25.6. The molecule has 4 aliphatic heterocycles. The minimum atomic E-state index is -1.17. The number of carbonyl (C=O) groups is 2. The second kappa shape index (κ2) is 10.2. The van der Waals surface area contributed by atoms with Gasteiger partial charge >= 0.3 is 5.97 Å². The van der Waals surface area contributed by atoms with Crippen LogP contribution >= 0.6 is 22.6 Å². The van der Waals surface area contributed by atoms with Gasteiger partial charge in [0.05, 0.1) is 36.4 Å². The number of hydrogen-bond donors (Lipinski definition) is 1. The second-order valence-corrected chi connectivity index (χ2v) is 10.9. The van der Waals surface area contributed by atoms with Crippen molar-refractivity contribution < 1.29 is 28.5 Å². The van der Waals surface area contributed by atoms with E-state index in [4.69, 9.17) is 18.9 Å². The van der Waals surface area contributed by atoms with E-state index in [1.54, 1.807) is 6.07 Å². The Hall–Kier alpha value is -3.35. The maximum absolute atomic E-state index is 13.5. The molecule has 1 amide bonds. The normalized spacial score (nSPS) is 18.9. The molecule has 0 radical (unpaired) electrons. The van der Waals surface area contributed by atoms with E-state index in [1.165, 1.54) is 0 Å². The van der Waals surface area contributed by atoms with Gasteiger partial charge in [-0.2, -0.15) is 0 Å². The fraction of sp³-hybridized carbons (Fsp3) is 0.333. The van der Waals surface area contributed by atoms with E-state index >= 15 is 0 Å². The van der Waals surface area contributed by atoms with Crippen LogP contribution in [0.3, 0.4) is 0 Å². The van der Waals surface area contributed by atoms with Crippen molar-refractivity contribution >= 4 is 51.5 Å². The molecular weight excluding hydrogens is 625 g/mol. The van der Waals surface area contributed by atoms with Crippen LogP contribution in [0.25, 0.3) is 0 Å². The fourth-order valence-electron chi connectivity index (χ4n) is 6.01. The van der Waals surface area contributed by atoms with E-state index in [2.05, 4.69) is 27.2 Å². The summed E-state index contributed by atoms with van der Waals surface area (Å²) < 4.78 is 24.4. The number of halogens is 1. The van der Waals surface area contributed by atoms with E-state index in [1.807, 2.05) is 59.0 Å². The van der Waals surface area contributed by atoms with E-state index in [0.29, 0.717) is 53.6 Å². The highest BCUT2D eigenvalue weighted by Gasteiger charge is 2.53. The molecule has 40 heavy (non-hydrogen) atoms. The van der Waals surface area contributed by atoms with Gasteiger partial charge in [0, 0.05) is 72.1 Å². The monoisotopic (exact) mass is 653 g/mol. The molecule has 2 saturated heterocycles. The Morgan fingerprint density at radius 1 is 0.800 bits per heavy atom. The Balaban J connectivity index is 1.38. The molecule has 0 bridgehead atoms. The average Bonchev–Trinajstić information content (AvgIpc) is 3.29. The quantitative estimate of drug-likeness (QED) is 0.254. The lowest BCUT2D eigenvalue weighted by molar-refractivity contribution is -0.113. The maximum Gasteiger partial charge on any atom is 0.340 e. The highest BCUT2D eigenvalue weighted by atomic mass is 127. The lowest BCUT2D eigenvalue weighted by atomic mass is 9.77. The molecule has 4 heterocycles. The largest absolute Gasteiger partial charge is 0.456 e. The number of anilines is 3. The van der Waals surface area contributed by atoms with Gasteiger partial charge in [0.15, 0.2) is 5.60 Å². The zero-order valence-corrected chi connectivity index (χ0v) is 23.9. The number of fused-ring (bicyclic) bond motifs is 6. The van der Waals surface area contributed by atoms with Crippen LogP contribution in [-0.2, 0) is 24.6 Å². The molecule has 1 N–H and O–H groups in total. The number of benzene rings is 3. The standard InChI is InChI=1S/C30H28IN3O6/c31-18-28(35)32-19-1-4-23-22(15-19)29(36)40-30(23)24-5-2-20(33-7-11-37-12-8-33)16-26(24)39-27-17-21(3-6-25(27)30)34-9-13-38-14-10-34/h1-6,15-17H,7-14,18H2,(H,32,35). The number of nitrogens with one attached hydrogen (secondary N) is 1. The zero-order valence-electron chi connectivity index (χ0n) is 21.8. The van der Waals surface area contributed by atoms with Crippen molar-refractivity contribution in [3.63, 3.8) is 0 Å². The topological polar surface area (TPSA) is 89.6 Å². The first-order valence-electron chi connectivity index (χ1n) is 13.4. The number of esters is 1. The molecule has 7 rings (SSSR count). The number of alkyl halides is 1. The van der Waals surface area contributed by atoms with Crippen LogP contribution in [0.2, 0.25) is 0 Å². The number of morpholine rings is 2. The average molecular weight is 653 g/mol. The van der Waals surface area contributed by atoms with Gasteiger partial charge in [-0.3, -0.25) is 4.79 Å². The summed E-state index contributed by atoms with van der Waals surface area (Å²) in [6.45, 7) is 5.89. The zero-order chi connectivity index (χ0) is 27.3. The summed E-state index contributed by atoms with van der Waals surface area (Å²) in [6.07, 6.45) is 0. The van der Waals surface area contributed by atoms with Gasteiger partial charge in [0.25, 0.3) is 0 Å². The maximum atomic E-state index is 13.5. The predicted octanol–water partition coefficient (Wildman–Crippen LogP) is 4.30. The number of amides is 1. The van der Waals surface area contributed by atoms with Crippen LogP contribution in [0.1, 0.15) is 27.0 Å². The van der Waals surface area contributed by atoms with Crippen molar-refractivity contribution in [2.24, 2.45) is 0 Å². The van der Waals surface area contributed by atoms with Crippen molar-refractivity contribution in [2.45, 2.75) is 5.60 Å². The van der Waals surface area contributed by atoms with Crippen LogP contribution in [-0.4, -0.2) is 68.9 Å². The van der Waals surface area contributed by atoms with Gasteiger partial charge in [-0.05, 0) is 36.4 Å². The summed E-state index contributed by atoms with van der Waals surface area (Å²) in [5.74, 6) is 0.737. The van der Waals surface area contributed by atoms with Gasteiger partial charge in [0.1, 0.15) is 11.5 Å². The lowest BCUT2D eigenvalue weighted by Crippen LogP contribution is -2.37. The van der Waals surface area contributed by atoms with E-state index in [-0.39, 0.29) is 5.91 Å². The fourth-order valence-corrected chi connectivity index (χ4v) is 6.20. The Bertz CT molecular complexity index is 1430. The highest BCUT2D eigenvalue weighted by Crippen LogP contribution is 2.57. The third-order valence-corrected chi connectivity index (χ3v) is 8.62. The Morgan fingerprint density at radius 3 is 1.90 bits per heavy atom. The third-order valence-electron chi connectivity index (χ3n) is 7.93. The van der Waals surface area contributed by atoms with Crippen molar-refractivity contribution in [1.29, 1.82) is 0 Å². The first-order valence-corrected chi connectivity index (χ1v) is 15.0. The molecule has 9 nitrogen and oxygen atoms in total. The Kier molecular flexibility index (Phi) is 6.56. The third kappa shape index (κ3) is 4.20. The molecular formula is C30H28IN3O6. The highest BCUT2D eigenvalue weighted by molar-refractivity contribution is 14.1. The van der Waals surface area contributed by atoms with Crippen molar-refractivity contribution in [2.75, 3.05) is 72.2 Å². The van der Waals surface area contributed by atoms with Crippen molar-refractivity contribution in [3.8, 4) is 11.5 Å². The molecule has 2 fully saturated rings. The molecule has 4 aliphatic rings. The number of hydrogen-bond acceptors (Lipinski definition) is 8. The summed E-state index contributed by atoms with van der Waals surface area (Å²) in [4.78, 5) is 30.1. The van der Waals surface area contributed by atoms with E-state index < -0.39 is 11.6 Å². The summed E-state index contributed by atoms with van der Waals surface area (Å²) in [7, 11) is 0. The van der Waals surface area contributed by atoms with Gasteiger partial charge in [-0.15, -0.1) is 0 Å². The molecule has 206 valence electrons. The molecule has 3 aromatic carbocycles. The SMILES string of the molecule is O=C(CI)Nc1ccc2c(c1)C(=O)OC21c2ccc(N3CCOCC3)cc2Oc2cc(N3CCOCC3)ccc21. The lowest BCUT2D eigenvalue weighted by Gasteiger charge is -2.38. The molecule has 0 saturated carbocycles. The van der Waals surface area contributed by atoms with Crippen LogP contribution in [0.15, 0.2) is 54.6 Å². The Morgan fingerprint density at radius 2 is 1.35 bits per heavy atom. The van der Waals surface area contributed by atoms with Gasteiger partial charge < -0.3 is 34.1 Å². The minimum absolute atomic E-state index is 0.130. The van der Waals surface area contributed by atoms with Gasteiger partial charge in [-0.1, -0.05) is 28.7 Å². The number of ether oxygens (including phenoxy) is 4. The summed E-state index contributed by atoms with van der Waals surface area (Å²) in [6, 6.07) is 17.6. The molecule has 10 heteroatoms. The predicted molar refractivity (Wildman–Crippen MR) is 158 cm³/mol. The van der Waals surface area contributed by atoms with Crippen LogP contribution in [0.5, 0.6) is 11.5 Å². The second-order valence-electron chi connectivity index (χ2n) is 10.2. The van der Waals surface area contributed by atoms with Crippen LogP contribution in [0, 0.1) is 0 Å². The molecule has 0 atom stereocenters. The smallest absolute Gasteiger partial charge is 0.340 e. The summed E-state index contributed by atoms with van der Waals surface area (Å²) in [5.41, 5.74) is 4.16. The Labute approximate surface area is 245 Å². The van der Waals surface area contributed by atoms with Gasteiger partial charge in [0.2, 0.25) is 5.91 Å². The number of rotatable bonds is 4. The number of nitrogens with zero attached hydrogens (tertiary/aromatic N) is 2. The molecule has 0 unspecified atom stereocenters. The van der Waals surface area contributed by atoms with Crippen LogP contribution < -0.4 is 19.9 Å². The molecule has 0 aliphatic carbocycles. The van der Waals surface area contributed by atoms with Crippen molar-refractivity contribution in [3.05, 3.63) is 76.9 Å². The van der Waals surface area contributed by atoms with Crippen LogP contribution in [0.4, 0.5) is 17.1 Å². The molecule has 3 aromatic rings. The van der Waals surface area contributed by atoms with E-state index in [9.17, 15) is 9.59 Å². The van der Waals surface area contributed by atoms with Gasteiger partial charge in [-0.25, -0.2) is 4.79 Å². The van der Waals surface area contributed by atoms with Crippen molar-refractivity contribution in [1.82, 2.24) is 0 Å². The molecule has 1 spiro atoms. The molecule has 0 aromatic heterocycles. The van der Waals surface area contributed by atoms with E-state index in [0.717, 1.165) is 54.2 Å². The summed E-state index contributed by atoms with van der Waals surface area (Å²) in [5, 5.41) is 2.85. The minimum Gasteiger partial charge on any atom is -0.456 e.